The molecule has 9 nitrogen and oxygen atoms in total. The molecular weight excluding hydrogens is 683 g/mol. The van der Waals surface area contributed by atoms with Gasteiger partial charge < -0.3 is 23.7 Å². The van der Waals surface area contributed by atoms with Crippen LogP contribution in [0.3, 0.4) is 0 Å². The summed E-state index contributed by atoms with van der Waals surface area (Å²) in [5.74, 6) is -1.27. The lowest BCUT2D eigenvalue weighted by Crippen LogP contribution is -2.62. The van der Waals surface area contributed by atoms with E-state index in [1.54, 1.807) is 6.07 Å². The first-order valence-corrected chi connectivity index (χ1v) is 21.9. The predicted molar refractivity (Wildman–Crippen MR) is 205 cm³/mol. The smallest absolute Gasteiger partial charge is 0.507 e. The number of hydrogen-bond donors (Lipinski definition) is 1. The number of phenols is 1. The third-order valence-electron chi connectivity index (χ3n) is 10.6. The van der Waals surface area contributed by atoms with Gasteiger partial charge in [-0.15, -0.1) is 0 Å². The summed E-state index contributed by atoms with van der Waals surface area (Å²) in [6.07, 6.45) is 7.76. The normalized spacial score (nSPS) is 22.5. The van der Waals surface area contributed by atoms with Crippen molar-refractivity contribution in [3.05, 3.63) is 70.3 Å². The van der Waals surface area contributed by atoms with Crippen LogP contribution in [0.2, 0.25) is 18.1 Å². The van der Waals surface area contributed by atoms with Crippen LogP contribution in [0.15, 0.2) is 59.2 Å². The van der Waals surface area contributed by atoms with Gasteiger partial charge in [-0.3, -0.25) is 9.69 Å². The van der Waals surface area contributed by atoms with Gasteiger partial charge in [0.1, 0.15) is 35.8 Å². The number of unbranched alkanes of at least 4 members (excludes halogenated alkanes) is 2. The molecule has 51 heavy (non-hydrogen) atoms. The Morgan fingerprint density at radius 3 is 2.53 bits per heavy atom. The number of fused-ring (bicyclic) bond motifs is 1. The number of esters is 1. The Bertz CT molecular complexity index is 1590. The molecule has 0 bridgehead atoms. The van der Waals surface area contributed by atoms with Gasteiger partial charge in [-0.1, -0.05) is 88.8 Å². The van der Waals surface area contributed by atoms with Crippen molar-refractivity contribution in [2.75, 3.05) is 13.2 Å². The maximum absolute atomic E-state index is 13.6. The highest BCUT2D eigenvalue weighted by atomic mass is 32.2. The van der Waals surface area contributed by atoms with Crippen molar-refractivity contribution in [2.45, 2.75) is 123 Å². The van der Waals surface area contributed by atoms with Crippen molar-refractivity contribution in [3.63, 3.8) is 0 Å². The number of aromatic hydroxyl groups is 1. The molecule has 1 fully saturated rings. The van der Waals surface area contributed by atoms with Gasteiger partial charge in [-0.2, -0.15) is 0 Å². The van der Waals surface area contributed by atoms with Crippen LogP contribution in [-0.4, -0.2) is 61.0 Å². The maximum atomic E-state index is 13.6. The third-order valence-corrected chi connectivity index (χ3v) is 16.6. The first-order chi connectivity index (χ1) is 23.9. The molecule has 1 amide bonds. The minimum absolute atomic E-state index is 0.0364. The van der Waals surface area contributed by atoms with Gasteiger partial charge in [0.2, 0.25) is 5.91 Å². The number of phenolic OH excluding ortho intramolecular Hbond substituents is 1. The van der Waals surface area contributed by atoms with Crippen molar-refractivity contribution >= 4 is 38.1 Å². The van der Waals surface area contributed by atoms with E-state index in [9.17, 15) is 19.5 Å². The van der Waals surface area contributed by atoms with E-state index >= 15 is 0 Å². The number of carbonyl (C=O) groups is 3. The van der Waals surface area contributed by atoms with Crippen LogP contribution in [0, 0.1) is 11.8 Å². The molecule has 3 aliphatic rings. The van der Waals surface area contributed by atoms with Crippen molar-refractivity contribution < 1.29 is 38.1 Å². The Labute approximate surface area is 309 Å². The van der Waals surface area contributed by atoms with Crippen LogP contribution in [0.1, 0.15) is 97.6 Å². The molecule has 0 radical (unpaired) electrons. The van der Waals surface area contributed by atoms with E-state index in [4.69, 9.17) is 18.6 Å². The highest BCUT2D eigenvalue weighted by Gasteiger charge is 2.59. The number of amides is 1. The molecule has 1 N–H and O–H groups in total. The second kappa shape index (κ2) is 16.6. The molecule has 1 unspecified atom stereocenters. The second-order valence-corrected chi connectivity index (χ2v) is 21.6. The molecule has 0 saturated carbocycles. The molecule has 1 aliphatic carbocycles. The fraction of sp³-hybridized carbons (Fsp3) is 0.575. The fourth-order valence-corrected chi connectivity index (χ4v) is 9.75. The van der Waals surface area contributed by atoms with E-state index in [1.165, 1.54) is 28.3 Å². The number of allylic oxidation sites excluding steroid dienone is 3. The zero-order valence-corrected chi connectivity index (χ0v) is 33.7. The molecule has 1 aromatic carbocycles. The van der Waals surface area contributed by atoms with Crippen LogP contribution in [-0.2, 0) is 29.9 Å². The van der Waals surface area contributed by atoms with E-state index in [1.807, 2.05) is 19.9 Å². The molecular formula is C40H57NO8SSi. The number of β-lactam (4-membered cyclic amide) rings is 1. The number of ether oxygens (including phenoxy) is 3. The molecule has 1 aromatic rings. The lowest BCUT2D eigenvalue weighted by molar-refractivity contribution is -0.157. The summed E-state index contributed by atoms with van der Waals surface area (Å²) >= 11 is 1.30. The average Bonchev–Trinajstić information content (AvgIpc) is 3.35. The highest BCUT2D eigenvalue weighted by molar-refractivity contribution is 8.04. The molecule has 2 aliphatic heterocycles. The molecule has 0 spiro atoms. The van der Waals surface area contributed by atoms with Crippen LogP contribution >= 0.6 is 11.8 Å². The van der Waals surface area contributed by atoms with Gasteiger partial charge >= 0.3 is 12.1 Å². The molecule has 1 saturated heterocycles. The van der Waals surface area contributed by atoms with Gasteiger partial charge in [-0.05, 0) is 88.2 Å². The molecule has 280 valence electrons. The summed E-state index contributed by atoms with van der Waals surface area (Å²) in [5, 5.41) is 11.0. The monoisotopic (exact) mass is 739 g/mol. The molecule has 11 heteroatoms. The van der Waals surface area contributed by atoms with Crippen LogP contribution in [0.4, 0.5) is 4.79 Å². The SMILES string of the molecule is C=CCOC(=O)C1=C(COC(=O)Oc2cc(CCCCC)cc(O)c2[C@@H]2C=C(C)CC[C@H]2C(=C)C)S[C@@H]2[C@@H](C(C)O[Si](C)(C)C(C)(C)C)C(=O)N12. The van der Waals surface area contributed by atoms with Crippen molar-refractivity contribution in [1.82, 2.24) is 4.90 Å². The molecule has 2 heterocycles. The van der Waals surface area contributed by atoms with Gasteiger partial charge in [-0.25, -0.2) is 9.59 Å². The van der Waals surface area contributed by atoms with Gasteiger partial charge in [0.25, 0.3) is 0 Å². The Morgan fingerprint density at radius 2 is 1.90 bits per heavy atom. The number of nitrogens with zero attached hydrogens (tertiary/aromatic N) is 1. The topological polar surface area (TPSA) is 112 Å². The Morgan fingerprint density at radius 1 is 1.20 bits per heavy atom. The van der Waals surface area contributed by atoms with E-state index in [2.05, 4.69) is 66.9 Å². The molecule has 4 rings (SSSR count). The third kappa shape index (κ3) is 9.03. The van der Waals surface area contributed by atoms with E-state index < -0.39 is 31.7 Å². The first kappa shape index (κ1) is 40.5. The first-order valence-electron chi connectivity index (χ1n) is 18.1. The Kier molecular flexibility index (Phi) is 13.2. The summed E-state index contributed by atoms with van der Waals surface area (Å²) in [5.41, 5.74) is 3.63. The van der Waals surface area contributed by atoms with Crippen LogP contribution in [0.25, 0.3) is 0 Å². The van der Waals surface area contributed by atoms with E-state index in [0.29, 0.717) is 10.5 Å². The molecule has 0 aromatic heterocycles. The summed E-state index contributed by atoms with van der Waals surface area (Å²) in [6, 6.07) is 3.59. The van der Waals surface area contributed by atoms with Crippen molar-refractivity contribution in [2.24, 2.45) is 11.8 Å². The van der Waals surface area contributed by atoms with Crippen LogP contribution in [0.5, 0.6) is 11.5 Å². The number of hydrogen-bond acceptors (Lipinski definition) is 9. The quantitative estimate of drug-likeness (QED) is 0.0470. The Balaban J connectivity index is 1.59. The minimum atomic E-state index is -2.19. The summed E-state index contributed by atoms with van der Waals surface area (Å²) in [4.78, 5) is 42.2. The minimum Gasteiger partial charge on any atom is -0.507 e. The largest absolute Gasteiger partial charge is 0.514 e. The standard InChI is InChI=1S/C40H57NO8SSi/c1-12-14-15-16-27-21-30(42)34(29-20-25(5)17-18-28(29)24(3)4)31(22-27)48-39(45)47-23-32-35(38(44)46-19-13-2)41-36(43)33(37(41)50-32)26(6)49-51(10,11)40(7,8)9/h13,20-22,26,28-29,33,37,42H,2-3,12,14-19,23H2,1,4-11H3/t26?,28-,29+,33-,37+/m0/s1. The van der Waals surface area contributed by atoms with Gasteiger partial charge in [0.05, 0.1) is 16.9 Å². The summed E-state index contributed by atoms with van der Waals surface area (Å²) in [6.45, 7) is 26.3. The number of aryl methyl sites for hydroxylation is 1. The predicted octanol–water partition coefficient (Wildman–Crippen LogP) is 9.54. The second-order valence-electron chi connectivity index (χ2n) is 15.6. The lowest BCUT2D eigenvalue weighted by Gasteiger charge is -2.48. The van der Waals surface area contributed by atoms with Crippen LogP contribution < -0.4 is 4.74 Å². The lowest BCUT2D eigenvalue weighted by atomic mass is 9.73. The van der Waals surface area contributed by atoms with Crippen molar-refractivity contribution in [1.29, 1.82) is 0 Å². The fourth-order valence-electron chi connectivity index (χ4n) is 6.81. The number of benzene rings is 1. The number of carbonyl (C=O) groups excluding carboxylic acids is 3. The number of rotatable bonds is 15. The van der Waals surface area contributed by atoms with Gasteiger partial charge in [0.15, 0.2) is 8.32 Å². The Hall–Kier alpha value is -3.28. The van der Waals surface area contributed by atoms with Gasteiger partial charge in [0, 0.05) is 11.5 Å². The van der Waals surface area contributed by atoms with Crippen molar-refractivity contribution in [3.8, 4) is 11.5 Å². The van der Waals surface area contributed by atoms with E-state index in [-0.39, 0.29) is 59.3 Å². The zero-order chi connectivity index (χ0) is 37.8. The summed E-state index contributed by atoms with van der Waals surface area (Å²) in [7, 11) is -2.19. The highest BCUT2D eigenvalue weighted by Crippen LogP contribution is 2.52. The number of thioether (sulfide) groups is 1. The molecule has 5 atom stereocenters. The van der Waals surface area contributed by atoms with E-state index in [0.717, 1.165) is 49.7 Å². The zero-order valence-electron chi connectivity index (χ0n) is 31.9. The maximum Gasteiger partial charge on any atom is 0.514 e. The summed E-state index contributed by atoms with van der Waals surface area (Å²) < 4.78 is 23.5. The average molecular weight is 740 g/mol.